The molecule has 2 aromatic rings. The normalized spacial score (nSPS) is 12.8. The summed E-state index contributed by atoms with van der Waals surface area (Å²) in [5.41, 5.74) is 8.60. The van der Waals surface area contributed by atoms with E-state index in [0.717, 1.165) is 63.5 Å². The predicted octanol–water partition coefficient (Wildman–Crippen LogP) is 5.97. The molecule has 11 heteroatoms. The highest BCUT2D eigenvalue weighted by Crippen LogP contribution is 2.46. The number of nitrogens with zero attached hydrogens (tertiary/aromatic N) is 2. The summed E-state index contributed by atoms with van der Waals surface area (Å²) in [6, 6.07) is 17.4. The smallest absolute Gasteiger partial charge is 0.363 e. The van der Waals surface area contributed by atoms with Crippen molar-refractivity contribution in [2.45, 2.75) is 45.4 Å². The molecule has 0 unspecified atom stereocenters. The maximum absolute atomic E-state index is 13.0. The Kier molecular flexibility index (Phi) is 11.5. The van der Waals surface area contributed by atoms with E-state index in [1.54, 1.807) is 22.9 Å². The lowest BCUT2D eigenvalue weighted by Gasteiger charge is -2.19. The van der Waals surface area contributed by atoms with E-state index in [1.807, 2.05) is 44.4 Å². The Labute approximate surface area is 265 Å². The van der Waals surface area contributed by atoms with Crippen molar-refractivity contribution in [2.24, 2.45) is 5.73 Å². The fourth-order valence-electron chi connectivity index (χ4n) is 5.00. The average molecular weight is 637 g/mol. The summed E-state index contributed by atoms with van der Waals surface area (Å²) in [5, 5.41) is 2.55. The molecular formula is C33H38N3O6S2+. The zero-order valence-corrected chi connectivity index (χ0v) is 27.3. The topological polar surface area (TPSA) is 115 Å². The van der Waals surface area contributed by atoms with Gasteiger partial charge in [-0.15, -0.1) is 5.06 Å². The van der Waals surface area contributed by atoms with Crippen molar-refractivity contribution in [3.05, 3.63) is 65.5 Å². The van der Waals surface area contributed by atoms with Crippen LogP contribution in [0.1, 0.15) is 50.9 Å². The molecule has 2 amide bonds. The first-order valence-electron chi connectivity index (χ1n) is 14.6. The fraction of sp³-hybridized carbons (Fsp3) is 0.333. The lowest BCUT2D eigenvalue weighted by atomic mass is 9.93. The summed E-state index contributed by atoms with van der Waals surface area (Å²) in [7, 11) is 3.06. The molecule has 5 rings (SSSR count). The molecular weight excluding hydrogens is 599 g/mol. The molecule has 232 valence electrons. The number of carbonyl (C=O) groups excluding carboxylic acids is 3. The van der Waals surface area contributed by atoms with Gasteiger partial charge in [0.1, 0.15) is 30.2 Å². The van der Waals surface area contributed by atoms with Crippen molar-refractivity contribution >= 4 is 50.3 Å². The molecule has 0 aromatic heterocycles. The lowest BCUT2D eigenvalue weighted by Crippen LogP contribution is -2.32. The third-order valence-corrected chi connectivity index (χ3v) is 8.68. The summed E-state index contributed by atoms with van der Waals surface area (Å²) in [4.78, 5) is 42.9. The zero-order chi connectivity index (χ0) is 31.8. The Balaban J connectivity index is 0.00000141. The van der Waals surface area contributed by atoms with Crippen molar-refractivity contribution in [3.8, 4) is 28.2 Å². The summed E-state index contributed by atoms with van der Waals surface area (Å²) >= 11 is 0. The number of carbonyl (C=O) groups is 3. The zero-order valence-electron chi connectivity index (χ0n) is 25.7. The molecule has 0 bridgehead atoms. The summed E-state index contributed by atoms with van der Waals surface area (Å²) in [6.07, 6.45) is 2.04. The quantitative estimate of drug-likeness (QED) is 0.103. The molecule has 0 spiro atoms. The van der Waals surface area contributed by atoms with Crippen molar-refractivity contribution in [1.29, 1.82) is 0 Å². The standard InChI is InChI=1S/C31H31N2O6S2.C2H7N/c1-5-32(6-2)20-9-12-22-25(17-20)38-26-18-21(37-7-3)10-13-23(26)30(22)24-11-8-19(16-27(24)41-40-4)31(36)39-33-28(34)14-15-29(33)35;1-2-3/h8-13,16-18H,5-7,14-15H2,1-4H3;2-3H2,1H3/q+1;. The van der Waals surface area contributed by atoms with E-state index in [4.69, 9.17) is 19.7 Å². The van der Waals surface area contributed by atoms with E-state index in [9.17, 15) is 14.4 Å². The first-order valence-corrected chi connectivity index (χ1v) is 17.2. The number of benzene rings is 3. The van der Waals surface area contributed by atoms with Crippen LogP contribution in [0.3, 0.4) is 0 Å². The summed E-state index contributed by atoms with van der Waals surface area (Å²) in [5.74, 6) is -0.330. The molecule has 2 aliphatic heterocycles. The maximum Gasteiger partial charge on any atom is 0.363 e. The molecule has 2 heterocycles. The number of nitrogens with two attached hydrogens (primary N) is 1. The van der Waals surface area contributed by atoms with Crippen LogP contribution in [0.4, 0.5) is 0 Å². The fourth-order valence-corrected chi connectivity index (χ4v) is 6.57. The molecule has 0 saturated carbocycles. The van der Waals surface area contributed by atoms with Gasteiger partial charge in [-0.2, -0.15) is 0 Å². The van der Waals surface area contributed by atoms with Gasteiger partial charge in [0.15, 0.2) is 0 Å². The Hall–Kier alpha value is -3.80. The molecule has 2 aromatic carbocycles. The van der Waals surface area contributed by atoms with Gasteiger partial charge in [0.2, 0.25) is 5.36 Å². The number of ether oxygens (including phenoxy) is 1. The SMILES string of the molecule is CCN.CCOc1ccc2c(-c3ccc(C(=O)ON4C(=O)CCC4=O)cc3SSC)c3ccc(=[N+](CC)CC)cc-3oc2c1. The lowest BCUT2D eigenvalue weighted by molar-refractivity contribution is -0.172. The molecule has 3 aliphatic rings. The van der Waals surface area contributed by atoms with Crippen LogP contribution in [0.5, 0.6) is 5.75 Å². The number of rotatable bonds is 9. The Morgan fingerprint density at radius 2 is 1.64 bits per heavy atom. The maximum atomic E-state index is 13.0. The van der Waals surface area contributed by atoms with Crippen molar-refractivity contribution in [1.82, 2.24) is 9.64 Å². The van der Waals surface area contributed by atoms with Crippen LogP contribution in [-0.4, -0.2) is 55.3 Å². The molecule has 9 nitrogen and oxygen atoms in total. The molecule has 0 radical (unpaired) electrons. The molecule has 0 atom stereocenters. The van der Waals surface area contributed by atoms with Crippen LogP contribution in [0.25, 0.3) is 33.4 Å². The minimum atomic E-state index is -0.758. The van der Waals surface area contributed by atoms with Crippen molar-refractivity contribution < 1.29 is 28.4 Å². The number of hydrogen-bond acceptors (Lipinski definition) is 9. The first-order chi connectivity index (χ1) is 21.3. The average Bonchev–Trinajstić information content (AvgIpc) is 3.33. The highest BCUT2D eigenvalue weighted by atomic mass is 33.1. The highest BCUT2D eigenvalue weighted by molar-refractivity contribution is 8.76. The van der Waals surface area contributed by atoms with Gasteiger partial charge in [-0.3, -0.25) is 9.59 Å². The van der Waals surface area contributed by atoms with Gasteiger partial charge >= 0.3 is 5.97 Å². The molecule has 44 heavy (non-hydrogen) atoms. The van der Waals surface area contributed by atoms with E-state index < -0.39 is 17.8 Å². The van der Waals surface area contributed by atoms with Gasteiger partial charge in [0.25, 0.3) is 11.8 Å². The number of amides is 2. The first kappa shape index (κ1) is 33.1. The van der Waals surface area contributed by atoms with Crippen LogP contribution in [0.2, 0.25) is 0 Å². The molecule has 1 saturated heterocycles. The number of hydroxylamine groups is 2. The van der Waals surface area contributed by atoms with Gasteiger partial charge < -0.3 is 19.7 Å². The van der Waals surface area contributed by atoms with Gasteiger partial charge in [0.05, 0.1) is 18.2 Å². The number of imide groups is 1. The van der Waals surface area contributed by atoms with Gasteiger partial charge in [-0.25, -0.2) is 9.37 Å². The predicted molar refractivity (Wildman–Crippen MR) is 176 cm³/mol. The minimum Gasteiger partial charge on any atom is -0.494 e. The molecule has 1 fully saturated rings. The molecule has 2 N–H and O–H groups in total. The van der Waals surface area contributed by atoms with Crippen LogP contribution >= 0.6 is 21.6 Å². The van der Waals surface area contributed by atoms with Gasteiger partial charge in [-0.1, -0.05) is 34.6 Å². The Morgan fingerprint density at radius 1 is 0.955 bits per heavy atom. The molecule has 1 aliphatic carbocycles. The largest absolute Gasteiger partial charge is 0.494 e. The minimum absolute atomic E-state index is 0.0405. The van der Waals surface area contributed by atoms with E-state index >= 15 is 0 Å². The van der Waals surface area contributed by atoms with E-state index in [1.165, 1.54) is 10.8 Å². The van der Waals surface area contributed by atoms with Gasteiger partial charge in [0, 0.05) is 46.4 Å². The second kappa shape index (κ2) is 15.3. The van der Waals surface area contributed by atoms with E-state index in [-0.39, 0.29) is 18.4 Å². The summed E-state index contributed by atoms with van der Waals surface area (Å²) < 4.78 is 14.5. The second-order valence-electron chi connectivity index (χ2n) is 9.75. The van der Waals surface area contributed by atoms with Gasteiger partial charge in [-0.05, 0) is 69.5 Å². The third kappa shape index (κ3) is 7.11. The highest BCUT2D eigenvalue weighted by Gasteiger charge is 2.33. The van der Waals surface area contributed by atoms with E-state index in [0.29, 0.717) is 17.3 Å². The number of fused-ring (bicyclic) bond motifs is 2. The van der Waals surface area contributed by atoms with Crippen LogP contribution in [0.15, 0.2) is 63.9 Å². The Bertz CT molecular complexity index is 1700. The third-order valence-electron chi connectivity index (χ3n) is 6.96. The van der Waals surface area contributed by atoms with Crippen molar-refractivity contribution in [2.75, 3.05) is 32.5 Å². The van der Waals surface area contributed by atoms with E-state index in [2.05, 4.69) is 36.6 Å². The van der Waals surface area contributed by atoms with Crippen molar-refractivity contribution in [3.63, 3.8) is 0 Å². The van der Waals surface area contributed by atoms with Crippen LogP contribution in [0, 0.1) is 0 Å². The Morgan fingerprint density at radius 3 is 2.27 bits per heavy atom. The monoisotopic (exact) mass is 636 g/mol. The second-order valence-corrected chi connectivity index (χ2v) is 12.2. The number of hydrogen-bond donors (Lipinski definition) is 1. The van der Waals surface area contributed by atoms with Crippen LogP contribution < -0.4 is 20.4 Å². The van der Waals surface area contributed by atoms with Crippen LogP contribution in [-0.2, 0) is 14.4 Å². The summed E-state index contributed by atoms with van der Waals surface area (Å²) in [6.45, 7) is 11.1.